The normalized spacial score (nSPS) is 15.0. The van der Waals surface area contributed by atoms with E-state index in [2.05, 4.69) is 22.1 Å². The number of benzene rings is 2. The van der Waals surface area contributed by atoms with Crippen molar-refractivity contribution in [3.8, 4) is 0 Å². The highest BCUT2D eigenvalue weighted by Crippen LogP contribution is 2.31. The molecule has 162 valence electrons. The van der Waals surface area contributed by atoms with Gasteiger partial charge in [0.15, 0.2) is 0 Å². The van der Waals surface area contributed by atoms with Gasteiger partial charge in [-0.3, -0.25) is 4.79 Å². The van der Waals surface area contributed by atoms with Crippen LogP contribution in [-0.4, -0.2) is 31.7 Å². The lowest BCUT2D eigenvalue weighted by Crippen LogP contribution is -2.35. The van der Waals surface area contributed by atoms with Crippen LogP contribution in [0.4, 0.5) is 5.69 Å². The van der Waals surface area contributed by atoms with Crippen LogP contribution in [0.2, 0.25) is 0 Å². The van der Waals surface area contributed by atoms with Crippen molar-refractivity contribution in [3.63, 3.8) is 0 Å². The second kappa shape index (κ2) is 9.99. The highest BCUT2D eigenvalue weighted by atomic mass is 32.2. The molecule has 3 aromatic rings. The number of hydrogen-bond acceptors (Lipinski definition) is 5. The third-order valence-electron chi connectivity index (χ3n) is 5.18. The molecule has 0 saturated carbocycles. The summed E-state index contributed by atoms with van der Waals surface area (Å²) in [6.45, 7) is 1.12. The zero-order valence-corrected chi connectivity index (χ0v) is 19.4. The van der Waals surface area contributed by atoms with Crippen LogP contribution in [0.3, 0.4) is 0 Å². The summed E-state index contributed by atoms with van der Waals surface area (Å²) >= 11 is 3.34. The van der Waals surface area contributed by atoms with E-state index in [1.807, 2.05) is 24.3 Å². The summed E-state index contributed by atoms with van der Waals surface area (Å²) in [4.78, 5) is 14.0. The fourth-order valence-corrected chi connectivity index (χ4v) is 6.70. The summed E-state index contributed by atoms with van der Waals surface area (Å²) in [5.41, 5.74) is 2.43. The van der Waals surface area contributed by atoms with Crippen LogP contribution in [0, 0.1) is 0 Å². The van der Waals surface area contributed by atoms with E-state index in [-0.39, 0.29) is 10.8 Å². The Hall–Kier alpha value is -2.13. The minimum Gasteiger partial charge on any atom is -0.321 e. The van der Waals surface area contributed by atoms with Crippen LogP contribution in [0.5, 0.6) is 0 Å². The first-order valence-corrected chi connectivity index (χ1v) is 13.6. The monoisotopic (exact) mass is 472 g/mol. The van der Waals surface area contributed by atoms with Crippen LogP contribution < -0.4 is 5.32 Å². The van der Waals surface area contributed by atoms with Gasteiger partial charge in [-0.05, 0) is 71.6 Å². The summed E-state index contributed by atoms with van der Waals surface area (Å²) in [7, 11) is -3.50. The van der Waals surface area contributed by atoms with E-state index in [0.29, 0.717) is 18.7 Å². The second-order valence-corrected chi connectivity index (χ2v) is 11.1. The molecule has 1 N–H and O–H groups in total. The summed E-state index contributed by atoms with van der Waals surface area (Å²) in [5, 5.41) is 7.13. The Morgan fingerprint density at radius 2 is 1.74 bits per heavy atom. The average Bonchev–Trinajstić information content (AvgIpc) is 3.33. The van der Waals surface area contributed by atoms with Gasteiger partial charge in [-0.1, -0.05) is 18.6 Å². The SMILES string of the molecule is O=C(Nc1ccccc1SCc1ccsc1)c1ccc(S(=O)(=O)N2CCCCC2)cc1. The fourth-order valence-electron chi connectivity index (χ4n) is 3.46. The molecule has 5 nitrogen and oxygen atoms in total. The highest BCUT2D eigenvalue weighted by molar-refractivity contribution is 7.98. The van der Waals surface area contributed by atoms with E-state index in [0.717, 1.165) is 35.6 Å². The van der Waals surface area contributed by atoms with Crippen LogP contribution in [0.25, 0.3) is 0 Å². The largest absolute Gasteiger partial charge is 0.321 e. The van der Waals surface area contributed by atoms with Gasteiger partial charge in [0.2, 0.25) is 10.0 Å². The van der Waals surface area contributed by atoms with E-state index < -0.39 is 10.0 Å². The molecule has 0 radical (unpaired) electrons. The first kappa shape index (κ1) is 22.1. The Bertz CT molecular complexity index is 1120. The fraction of sp³-hybridized carbons (Fsp3) is 0.261. The predicted molar refractivity (Wildman–Crippen MR) is 127 cm³/mol. The topological polar surface area (TPSA) is 66.5 Å². The van der Waals surface area contributed by atoms with Gasteiger partial charge in [-0.15, -0.1) is 11.8 Å². The molecule has 1 aromatic heterocycles. The molecule has 31 heavy (non-hydrogen) atoms. The number of rotatable bonds is 7. The number of carbonyl (C=O) groups is 1. The molecular formula is C23H24N2O3S3. The van der Waals surface area contributed by atoms with Crippen molar-refractivity contribution in [2.45, 2.75) is 34.8 Å². The standard InChI is InChI=1S/C23H24N2O3S3/c26-23(24-21-6-2-3-7-22(21)30-17-18-12-15-29-16-18)19-8-10-20(11-9-19)31(27,28)25-13-4-1-5-14-25/h2-3,6-12,15-16H,1,4-5,13-14,17H2,(H,24,26). The molecule has 1 aliphatic heterocycles. The maximum absolute atomic E-state index is 12.8. The first-order chi connectivity index (χ1) is 15.0. The Morgan fingerprint density at radius 1 is 1.00 bits per heavy atom. The molecule has 4 rings (SSSR count). The molecule has 1 saturated heterocycles. The zero-order valence-electron chi connectivity index (χ0n) is 17.0. The molecule has 0 spiro atoms. The molecule has 0 atom stereocenters. The molecule has 1 fully saturated rings. The third kappa shape index (κ3) is 5.38. The zero-order chi connectivity index (χ0) is 21.7. The molecule has 0 unspecified atom stereocenters. The second-order valence-electron chi connectivity index (χ2n) is 7.36. The summed E-state index contributed by atoms with van der Waals surface area (Å²) in [6, 6.07) is 16.0. The maximum Gasteiger partial charge on any atom is 0.255 e. The summed E-state index contributed by atoms with van der Waals surface area (Å²) in [5.74, 6) is 0.574. The van der Waals surface area contributed by atoms with Gasteiger partial charge in [0, 0.05) is 29.3 Å². The molecule has 8 heteroatoms. The number of nitrogens with zero attached hydrogens (tertiary/aromatic N) is 1. The van der Waals surface area contributed by atoms with Gasteiger partial charge in [0.1, 0.15) is 0 Å². The van der Waals surface area contributed by atoms with Gasteiger partial charge in [-0.25, -0.2) is 8.42 Å². The highest BCUT2D eigenvalue weighted by Gasteiger charge is 2.26. The predicted octanol–water partition coefficient (Wildman–Crippen LogP) is 5.47. The van der Waals surface area contributed by atoms with Crippen LogP contribution in [-0.2, 0) is 15.8 Å². The lowest BCUT2D eigenvalue weighted by Gasteiger charge is -2.25. The van der Waals surface area contributed by atoms with Gasteiger partial charge in [0.05, 0.1) is 10.6 Å². The van der Waals surface area contributed by atoms with Crippen molar-refractivity contribution in [2.75, 3.05) is 18.4 Å². The number of sulfonamides is 1. The smallest absolute Gasteiger partial charge is 0.255 e. The third-order valence-corrected chi connectivity index (χ3v) is 8.97. The quantitative estimate of drug-likeness (QED) is 0.463. The van der Waals surface area contributed by atoms with Crippen molar-refractivity contribution in [1.82, 2.24) is 4.31 Å². The van der Waals surface area contributed by atoms with Crippen molar-refractivity contribution >= 4 is 44.7 Å². The first-order valence-electron chi connectivity index (χ1n) is 10.2. The Kier molecular flexibility index (Phi) is 7.12. The lowest BCUT2D eigenvalue weighted by molar-refractivity contribution is 0.102. The van der Waals surface area contributed by atoms with Gasteiger partial charge < -0.3 is 5.32 Å². The minimum absolute atomic E-state index is 0.234. The molecule has 2 aromatic carbocycles. The van der Waals surface area contributed by atoms with E-state index in [1.165, 1.54) is 22.0 Å². The number of thioether (sulfide) groups is 1. The summed E-state index contributed by atoms with van der Waals surface area (Å²) in [6.07, 6.45) is 2.85. The van der Waals surface area contributed by atoms with E-state index in [4.69, 9.17) is 0 Å². The number of hydrogen-bond donors (Lipinski definition) is 1. The Morgan fingerprint density at radius 3 is 2.45 bits per heavy atom. The van der Waals surface area contributed by atoms with Crippen LogP contribution in [0.1, 0.15) is 35.2 Å². The van der Waals surface area contributed by atoms with Gasteiger partial charge in [-0.2, -0.15) is 15.6 Å². The molecular weight excluding hydrogens is 448 g/mol. The molecule has 0 bridgehead atoms. The van der Waals surface area contributed by atoms with Crippen molar-refractivity contribution in [2.24, 2.45) is 0 Å². The number of carbonyl (C=O) groups excluding carboxylic acids is 1. The van der Waals surface area contributed by atoms with E-state index in [1.54, 1.807) is 35.2 Å². The maximum atomic E-state index is 12.8. The van der Waals surface area contributed by atoms with Gasteiger partial charge in [0.25, 0.3) is 5.91 Å². The molecule has 1 amide bonds. The molecule has 2 heterocycles. The number of anilines is 1. The van der Waals surface area contributed by atoms with Crippen molar-refractivity contribution < 1.29 is 13.2 Å². The van der Waals surface area contributed by atoms with Gasteiger partial charge >= 0.3 is 0 Å². The average molecular weight is 473 g/mol. The Balaban J connectivity index is 1.44. The number of piperidine rings is 1. The molecule has 0 aliphatic carbocycles. The van der Waals surface area contributed by atoms with Crippen LogP contribution >= 0.6 is 23.1 Å². The number of thiophene rings is 1. The number of nitrogens with one attached hydrogen (secondary N) is 1. The van der Waals surface area contributed by atoms with Crippen LogP contribution in [0.15, 0.2) is 75.1 Å². The molecule has 1 aliphatic rings. The van der Waals surface area contributed by atoms with Crippen molar-refractivity contribution in [3.05, 3.63) is 76.5 Å². The summed E-state index contributed by atoms with van der Waals surface area (Å²) < 4.78 is 27.1. The number of para-hydroxylation sites is 1. The number of amides is 1. The van der Waals surface area contributed by atoms with E-state index >= 15 is 0 Å². The van der Waals surface area contributed by atoms with E-state index in [9.17, 15) is 13.2 Å². The lowest BCUT2D eigenvalue weighted by atomic mass is 10.2. The minimum atomic E-state index is -3.50. The van der Waals surface area contributed by atoms with Crippen molar-refractivity contribution in [1.29, 1.82) is 0 Å². The Labute approximate surface area is 191 Å².